The fourth-order valence-electron chi connectivity index (χ4n) is 2.46. The quantitative estimate of drug-likeness (QED) is 0.432. The molecule has 0 aliphatic rings. The Morgan fingerprint density at radius 2 is 1.75 bits per heavy atom. The second-order valence-electron chi connectivity index (χ2n) is 7.25. The van der Waals surface area contributed by atoms with E-state index in [1.54, 1.807) is 0 Å². The van der Waals surface area contributed by atoms with Gasteiger partial charge in [-0.05, 0) is 65.7 Å². The van der Waals surface area contributed by atoms with E-state index in [2.05, 4.69) is 21.7 Å². The van der Waals surface area contributed by atoms with Gasteiger partial charge in [0.25, 0.3) is 0 Å². The number of ether oxygens (including phenoxy) is 2. The van der Waals surface area contributed by atoms with E-state index in [9.17, 15) is 4.21 Å². The van der Waals surface area contributed by atoms with Gasteiger partial charge >= 0.3 is 0 Å². The van der Waals surface area contributed by atoms with Crippen molar-refractivity contribution in [2.24, 2.45) is 4.99 Å². The lowest BCUT2D eigenvalue weighted by Gasteiger charge is -2.17. The smallest absolute Gasteiger partial charge is 0.191 e. The molecule has 0 bridgehead atoms. The molecule has 160 valence electrons. The fraction of sp³-hybridized carbons (Fsp3) is 0.667. The Morgan fingerprint density at radius 3 is 2.36 bits per heavy atom. The van der Waals surface area contributed by atoms with Crippen molar-refractivity contribution >= 4 is 16.8 Å². The minimum Gasteiger partial charge on any atom is -0.490 e. The van der Waals surface area contributed by atoms with E-state index in [0.717, 1.165) is 37.0 Å². The number of hydrogen-bond donors (Lipinski definition) is 2. The third-order valence-electron chi connectivity index (χ3n) is 3.89. The van der Waals surface area contributed by atoms with Gasteiger partial charge in [0.15, 0.2) is 17.5 Å². The van der Waals surface area contributed by atoms with Gasteiger partial charge in [-0.2, -0.15) is 0 Å². The highest BCUT2D eigenvalue weighted by Crippen LogP contribution is 2.28. The van der Waals surface area contributed by atoms with Crippen LogP contribution in [0.1, 0.15) is 47.1 Å². The largest absolute Gasteiger partial charge is 0.490 e. The van der Waals surface area contributed by atoms with Gasteiger partial charge in [-0.1, -0.05) is 6.07 Å². The number of benzene rings is 1. The second-order valence-corrected chi connectivity index (χ2v) is 9.57. The molecule has 1 aromatic carbocycles. The molecule has 28 heavy (non-hydrogen) atoms. The van der Waals surface area contributed by atoms with Gasteiger partial charge in [-0.15, -0.1) is 0 Å². The van der Waals surface area contributed by atoms with E-state index in [0.29, 0.717) is 25.5 Å². The molecule has 0 aliphatic carbocycles. The number of guanidine groups is 1. The van der Waals surface area contributed by atoms with Crippen LogP contribution in [0.5, 0.6) is 11.5 Å². The van der Waals surface area contributed by atoms with Crippen molar-refractivity contribution in [2.75, 3.05) is 38.6 Å². The first-order valence-electron chi connectivity index (χ1n) is 10.1. The minimum atomic E-state index is -0.890. The first-order valence-corrected chi connectivity index (χ1v) is 11.4. The van der Waals surface area contributed by atoms with Gasteiger partial charge in [-0.3, -0.25) is 9.20 Å². The van der Waals surface area contributed by atoms with Crippen LogP contribution < -0.4 is 20.1 Å². The first-order chi connectivity index (χ1) is 13.3. The fourth-order valence-corrected chi connectivity index (χ4v) is 3.33. The third kappa shape index (κ3) is 8.95. The molecular formula is C21H37N3O3S. The Balaban J connectivity index is 2.61. The molecule has 1 atom stereocenters. The molecule has 1 unspecified atom stereocenters. The van der Waals surface area contributed by atoms with E-state index < -0.39 is 10.8 Å². The van der Waals surface area contributed by atoms with Gasteiger partial charge in [0, 0.05) is 34.4 Å². The van der Waals surface area contributed by atoms with E-state index >= 15 is 0 Å². The topological polar surface area (TPSA) is 72.0 Å². The number of hydrogen-bond acceptors (Lipinski definition) is 4. The molecular weight excluding hydrogens is 374 g/mol. The lowest BCUT2D eigenvalue weighted by molar-refractivity contribution is 0.287. The standard InChI is InChI=1S/C21H37N3O3S/c1-7-22-20(24-14-15-28(25)21(4,5)6)23-13-12-17-10-11-18(26-8-2)19(16-17)27-9-3/h10-11,16H,7-9,12-15H2,1-6H3,(H2,22,23,24). The van der Waals surface area contributed by atoms with E-state index in [1.165, 1.54) is 5.56 Å². The summed E-state index contributed by atoms with van der Waals surface area (Å²) in [5, 5.41) is 6.57. The highest BCUT2D eigenvalue weighted by atomic mass is 32.2. The van der Waals surface area contributed by atoms with Crippen molar-refractivity contribution in [1.82, 2.24) is 10.6 Å². The molecule has 1 aromatic rings. The molecule has 1 rings (SSSR count). The zero-order valence-corrected chi connectivity index (χ0v) is 19.1. The van der Waals surface area contributed by atoms with Crippen LogP contribution in [0.25, 0.3) is 0 Å². The number of nitrogens with zero attached hydrogens (tertiary/aromatic N) is 1. The third-order valence-corrected chi connectivity index (χ3v) is 5.81. The summed E-state index contributed by atoms with van der Waals surface area (Å²) < 4.78 is 23.2. The number of nitrogens with one attached hydrogen (secondary N) is 2. The van der Waals surface area contributed by atoms with E-state index in [-0.39, 0.29) is 4.75 Å². The Labute approximate surface area is 173 Å². The van der Waals surface area contributed by atoms with Crippen LogP contribution in [0.2, 0.25) is 0 Å². The maximum Gasteiger partial charge on any atom is 0.191 e. The van der Waals surface area contributed by atoms with Crippen LogP contribution in [0.15, 0.2) is 23.2 Å². The molecule has 0 amide bonds. The molecule has 0 aliphatic heterocycles. The lowest BCUT2D eigenvalue weighted by Crippen LogP contribution is -2.38. The molecule has 0 saturated carbocycles. The van der Waals surface area contributed by atoms with Crippen molar-refractivity contribution in [3.63, 3.8) is 0 Å². The molecule has 6 nitrogen and oxygen atoms in total. The summed E-state index contributed by atoms with van der Waals surface area (Å²) in [5.41, 5.74) is 1.17. The molecule has 7 heteroatoms. The summed E-state index contributed by atoms with van der Waals surface area (Å²) >= 11 is 0. The minimum absolute atomic E-state index is 0.201. The van der Waals surface area contributed by atoms with Crippen LogP contribution in [-0.2, 0) is 17.2 Å². The van der Waals surface area contributed by atoms with E-state index in [4.69, 9.17) is 9.47 Å². The Morgan fingerprint density at radius 1 is 1.07 bits per heavy atom. The van der Waals surface area contributed by atoms with Gasteiger partial charge in [0.2, 0.25) is 0 Å². The predicted molar refractivity (Wildman–Crippen MR) is 119 cm³/mol. The van der Waals surface area contributed by atoms with Crippen LogP contribution in [0, 0.1) is 0 Å². The summed E-state index contributed by atoms with van der Waals surface area (Å²) in [6.45, 7) is 15.2. The highest BCUT2D eigenvalue weighted by Gasteiger charge is 2.18. The monoisotopic (exact) mass is 411 g/mol. The summed E-state index contributed by atoms with van der Waals surface area (Å²) in [7, 11) is -0.890. The van der Waals surface area contributed by atoms with Crippen LogP contribution in [-0.4, -0.2) is 53.5 Å². The molecule has 0 fully saturated rings. The summed E-state index contributed by atoms with van der Waals surface area (Å²) in [6.07, 6.45) is 0.838. The van der Waals surface area contributed by atoms with Crippen molar-refractivity contribution in [1.29, 1.82) is 0 Å². The molecule has 0 aromatic heterocycles. The zero-order chi connectivity index (χ0) is 21.0. The SMILES string of the molecule is CCNC(=NCCS(=O)C(C)(C)C)NCCc1ccc(OCC)c(OCC)c1. The summed E-state index contributed by atoms with van der Waals surface area (Å²) in [5.74, 6) is 2.88. The van der Waals surface area contributed by atoms with E-state index in [1.807, 2.05) is 53.7 Å². The van der Waals surface area contributed by atoms with Gasteiger partial charge in [-0.25, -0.2) is 0 Å². The molecule has 2 N–H and O–H groups in total. The van der Waals surface area contributed by atoms with Crippen LogP contribution in [0.4, 0.5) is 0 Å². The number of aliphatic imine (C=N–C) groups is 1. The highest BCUT2D eigenvalue weighted by molar-refractivity contribution is 7.86. The lowest BCUT2D eigenvalue weighted by atomic mass is 10.1. The number of rotatable bonds is 11. The normalized spacial score (nSPS) is 13.1. The maximum atomic E-state index is 12.1. The molecule has 0 heterocycles. The summed E-state index contributed by atoms with van der Waals surface area (Å²) in [6, 6.07) is 6.06. The van der Waals surface area contributed by atoms with Crippen molar-refractivity contribution in [3.05, 3.63) is 23.8 Å². The van der Waals surface area contributed by atoms with Gasteiger partial charge < -0.3 is 20.1 Å². The molecule has 0 radical (unpaired) electrons. The summed E-state index contributed by atoms with van der Waals surface area (Å²) in [4.78, 5) is 4.54. The average Bonchev–Trinajstić information content (AvgIpc) is 2.63. The second kappa shape index (κ2) is 12.6. The van der Waals surface area contributed by atoms with Crippen molar-refractivity contribution < 1.29 is 13.7 Å². The first kappa shape index (κ1) is 24.3. The van der Waals surface area contributed by atoms with Gasteiger partial charge in [0.05, 0.1) is 19.8 Å². The van der Waals surface area contributed by atoms with Crippen LogP contribution in [0.3, 0.4) is 0 Å². The Kier molecular flexibility index (Phi) is 11.0. The average molecular weight is 412 g/mol. The Bertz CT molecular complexity index is 642. The molecule has 0 spiro atoms. The van der Waals surface area contributed by atoms with Crippen molar-refractivity contribution in [2.45, 2.75) is 52.7 Å². The van der Waals surface area contributed by atoms with Crippen LogP contribution >= 0.6 is 0 Å². The molecule has 0 saturated heterocycles. The Hall–Kier alpha value is -1.76. The maximum absolute atomic E-state index is 12.1. The van der Waals surface area contributed by atoms with Gasteiger partial charge in [0.1, 0.15) is 0 Å². The van der Waals surface area contributed by atoms with Crippen molar-refractivity contribution in [3.8, 4) is 11.5 Å². The predicted octanol–water partition coefficient (Wildman–Crippen LogP) is 3.13. The zero-order valence-electron chi connectivity index (χ0n) is 18.3.